The van der Waals surface area contributed by atoms with Crippen LogP contribution < -0.4 is 4.74 Å². The summed E-state index contributed by atoms with van der Waals surface area (Å²) in [5.74, 6) is 0.879. The summed E-state index contributed by atoms with van der Waals surface area (Å²) in [6, 6.07) is 8.32. The predicted molar refractivity (Wildman–Crippen MR) is 89.4 cm³/mol. The van der Waals surface area contributed by atoms with Crippen molar-refractivity contribution in [2.45, 2.75) is 31.6 Å². The Labute approximate surface area is 137 Å². The Kier molecular flexibility index (Phi) is 4.39. The second-order valence-corrected chi connectivity index (χ2v) is 7.45. The maximum Gasteiger partial charge on any atom is 0.124 e. The molecule has 0 saturated heterocycles. The lowest BCUT2D eigenvalue weighted by molar-refractivity contribution is 0.337. The highest BCUT2D eigenvalue weighted by molar-refractivity contribution is 9.10. The van der Waals surface area contributed by atoms with E-state index in [9.17, 15) is 0 Å². The molecule has 0 radical (unpaired) electrons. The first-order chi connectivity index (χ1) is 9.69. The van der Waals surface area contributed by atoms with Gasteiger partial charge in [-0.1, -0.05) is 15.9 Å². The fourth-order valence-corrected chi connectivity index (χ4v) is 4.64. The van der Waals surface area contributed by atoms with Gasteiger partial charge in [0.1, 0.15) is 5.75 Å². The molecule has 1 nitrogen and oxygen atoms in total. The van der Waals surface area contributed by atoms with Gasteiger partial charge < -0.3 is 4.74 Å². The van der Waals surface area contributed by atoms with Crippen molar-refractivity contribution < 1.29 is 4.74 Å². The van der Waals surface area contributed by atoms with Crippen LogP contribution in [0.5, 0.6) is 5.75 Å². The molecule has 1 aliphatic carbocycles. The minimum absolute atomic E-state index is 0.135. The van der Waals surface area contributed by atoms with Gasteiger partial charge in [-0.2, -0.15) is 0 Å². The molecular weight excluding hydrogens is 356 g/mol. The average Bonchev–Trinajstić information content (AvgIpc) is 3.01. The van der Waals surface area contributed by atoms with E-state index in [4.69, 9.17) is 16.3 Å². The summed E-state index contributed by atoms with van der Waals surface area (Å²) in [5, 5.41) is -0.135. The average molecular weight is 372 g/mol. The topological polar surface area (TPSA) is 9.23 Å². The van der Waals surface area contributed by atoms with Gasteiger partial charge in [-0.25, -0.2) is 0 Å². The van der Waals surface area contributed by atoms with Crippen LogP contribution >= 0.6 is 38.9 Å². The molecule has 106 valence electrons. The largest absolute Gasteiger partial charge is 0.494 e. The SMILES string of the molecule is CCOc1ccc(Br)cc1C(Cl)c1cc2c(s1)CCC2. The third kappa shape index (κ3) is 2.76. The van der Waals surface area contributed by atoms with Gasteiger partial charge in [0, 0.05) is 19.8 Å². The van der Waals surface area contributed by atoms with E-state index in [1.807, 2.05) is 30.4 Å². The van der Waals surface area contributed by atoms with Crippen molar-refractivity contribution in [1.29, 1.82) is 0 Å². The summed E-state index contributed by atoms with van der Waals surface area (Å²) >= 11 is 12.1. The van der Waals surface area contributed by atoms with E-state index in [2.05, 4.69) is 28.1 Å². The maximum atomic E-state index is 6.72. The fourth-order valence-electron chi connectivity index (χ4n) is 2.63. The van der Waals surface area contributed by atoms with Crippen molar-refractivity contribution in [1.82, 2.24) is 0 Å². The summed E-state index contributed by atoms with van der Waals surface area (Å²) in [5.41, 5.74) is 2.53. The first-order valence-corrected chi connectivity index (χ1v) is 8.91. The van der Waals surface area contributed by atoms with E-state index in [0.29, 0.717) is 6.61 Å². The van der Waals surface area contributed by atoms with Crippen LogP contribution in [-0.4, -0.2) is 6.61 Å². The molecule has 2 aromatic rings. The first kappa shape index (κ1) is 14.4. The first-order valence-electron chi connectivity index (χ1n) is 6.87. The number of alkyl halides is 1. The molecule has 0 amide bonds. The number of thiophene rings is 1. The third-order valence-corrected chi connectivity index (χ3v) is 5.95. The molecule has 1 aromatic heterocycles. The van der Waals surface area contributed by atoms with Crippen molar-refractivity contribution in [2.75, 3.05) is 6.61 Å². The monoisotopic (exact) mass is 370 g/mol. The zero-order valence-electron chi connectivity index (χ0n) is 11.3. The van der Waals surface area contributed by atoms with Gasteiger partial charge in [0.2, 0.25) is 0 Å². The molecule has 1 unspecified atom stereocenters. The summed E-state index contributed by atoms with van der Waals surface area (Å²) < 4.78 is 6.74. The number of aryl methyl sites for hydroxylation is 2. The van der Waals surface area contributed by atoms with Gasteiger partial charge in [-0.3, -0.25) is 0 Å². The standard InChI is InChI=1S/C16H16BrClOS/c1-2-19-13-7-6-11(17)9-12(13)16(18)15-8-10-4-3-5-14(10)20-15/h6-9,16H,2-5H2,1H3. The molecule has 0 spiro atoms. The van der Waals surface area contributed by atoms with E-state index in [1.165, 1.54) is 34.6 Å². The number of rotatable bonds is 4. The smallest absolute Gasteiger partial charge is 0.124 e. The van der Waals surface area contributed by atoms with Crippen molar-refractivity contribution in [3.63, 3.8) is 0 Å². The van der Waals surface area contributed by atoms with E-state index >= 15 is 0 Å². The Morgan fingerprint density at radius 1 is 1.35 bits per heavy atom. The number of hydrogen-bond acceptors (Lipinski definition) is 2. The van der Waals surface area contributed by atoms with Crippen molar-refractivity contribution >= 4 is 38.9 Å². The van der Waals surface area contributed by atoms with Gasteiger partial charge in [0.05, 0.1) is 12.0 Å². The van der Waals surface area contributed by atoms with Crippen LogP contribution in [0, 0.1) is 0 Å². The highest BCUT2D eigenvalue weighted by Gasteiger charge is 2.22. The van der Waals surface area contributed by atoms with Crippen LogP contribution in [0.15, 0.2) is 28.7 Å². The van der Waals surface area contributed by atoms with Gasteiger partial charge in [-0.15, -0.1) is 22.9 Å². The summed E-state index contributed by atoms with van der Waals surface area (Å²) in [6.45, 7) is 2.65. The van der Waals surface area contributed by atoms with Gasteiger partial charge in [0.25, 0.3) is 0 Å². The summed E-state index contributed by atoms with van der Waals surface area (Å²) in [4.78, 5) is 2.74. The molecule has 0 bridgehead atoms. The maximum absolute atomic E-state index is 6.72. The van der Waals surface area contributed by atoms with Crippen LogP contribution in [0.1, 0.15) is 39.6 Å². The molecule has 3 rings (SSSR count). The lowest BCUT2D eigenvalue weighted by atomic mass is 10.1. The number of fused-ring (bicyclic) bond motifs is 1. The predicted octanol–water partition coefficient (Wildman–Crippen LogP) is 5.73. The zero-order valence-corrected chi connectivity index (χ0v) is 14.4. The van der Waals surface area contributed by atoms with Gasteiger partial charge in [0.15, 0.2) is 0 Å². The highest BCUT2D eigenvalue weighted by Crippen LogP contribution is 2.42. The fraction of sp³-hybridized carbons (Fsp3) is 0.375. The molecule has 0 fully saturated rings. The Balaban J connectivity index is 1.96. The molecule has 0 N–H and O–H groups in total. The molecule has 4 heteroatoms. The van der Waals surface area contributed by atoms with Crippen LogP contribution in [0.4, 0.5) is 0 Å². The Hall–Kier alpha value is -0.510. The quantitative estimate of drug-likeness (QED) is 0.624. The van der Waals surface area contributed by atoms with Crippen molar-refractivity contribution in [3.8, 4) is 5.75 Å². The van der Waals surface area contributed by atoms with Crippen LogP contribution in [0.2, 0.25) is 0 Å². The Morgan fingerprint density at radius 3 is 2.95 bits per heavy atom. The number of benzene rings is 1. The molecular formula is C16H16BrClOS. The zero-order chi connectivity index (χ0) is 14.1. The van der Waals surface area contributed by atoms with Gasteiger partial charge >= 0.3 is 0 Å². The number of ether oxygens (including phenoxy) is 1. The van der Waals surface area contributed by atoms with E-state index in [-0.39, 0.29) is 5.38 Å². The van der Waals surface area contributed by atoms with Crippen molar-refractivity contribution in [2.24, 2.45) is 0 Å². The molecule has 0 saturated carbocycles. The second-order valence-electron chi connectivity index (χ2n) is 4.93. The molecule has 0 aliphatic heterocycles. The Bertz CT molecular complexity index is 601. The van der Waals surface area contributed by atoms with E-state index in [1.54, 1.807) is 0 Å². The second kappa shape index (κ2) is 6.08. The lowest BCUT2D eigenvalue weighted by Crippen LogP contribution is -1.99. The van der Waals surface area contributed by atoms with Crippen LogP contribution in [-0.2, 0) is 12.8 Å². The highest BCUT2D eigenvalue weighted by atomic mass is 79.9. The van der Waals surface area contributed by atoms with E-state index in [0.717, 1.165) is 15.8 Å². The third-order valence-electron chi connectivity index (χ3n) is 3.56. The number of hydrogen-bond donors (Lipinski definition) is 0. The van der Waals surface area contributed by atoms with Crippen LogP contribution in [0.25, 0.3) is 0 Å². The van der Waals surface area contributed by atoms with E-state index < -0.39 is 0 Å². The summed E-state index contributed by atoms with van der Waals surface area (Å²) in [7, 11) is 0. The van der Waals surface area contributed by atoms with Crippen molar-refractivity contribution in [3.05, 3.63) is 49.6 Å². The number of halogens is 2. The molecule has 20 heavy (non-hydrogen) atoms. The molecule has 1 heterocycles. The Morgan fingerprint density at radius 2 is 2.20 bits per heavy atom. The minimum atomic E-state index is -0.135. The summed E-state index contributed by atoms with van der Waals surface area (Å²) in [6.07, 6.45) is 3.70. The van der Waals surface area contributed by atoms with Gasteiger partial charge in [-0.05, 0) is 56.0 Å². The normalized spacial score (nSPS) is 15.2. The lowest BCUT2D eigenvalue weighted by Gasteiger charge is -2.14. The molecule has 1 aliphatic rings. The minimum Gasteiger partial charge on any atom is -0.494 e. The molecule has 1 aromatic carbocycles. The van der Waals surface area contributed by atoms with Crippen LogP contribution in [0.3, 0.4) is 0 Å². The molecule has 1 atom stereocenters.